The molecule has 8 heavy (non-hydrogen) atoms. The van der Waals surface area contributed by atoms with Crippen molar-refractivity contribution in [3.05, 3.63) is 18.0 Å². The number of rotatable bonds is 1. The molecule has 0 aliphatic carbocycles. The first-order valence-corrected chi connectivity index (χ1v) is 2.47. The summed E-state index contributed by atoms with van der Waals surface area (Å²) in [6.45, 7) is 1.70. The molecular formula is C5H8N2O. The number of nitrogens with one attached hydrogen (secondary N) is 1. The Morgan fingerprint density at radius 1 is 1.88 bits per heavy atom. The monoisotopic (exact) mass is 112 g/mol. The Hall–Kier alpha value is -0.830. The summed E-state index contributed by atoms with van der Waals surface area (Å²) in [5.74, 6) is 0. The molecule has 0 bridgehead atoms. The zero-order valence-electron chi connectivity index (χ0n) is 4.63. The molecule has 44 valence electrons. The van der Waals surface area contributed by atoms with Gasteiger partial charge in [0.25, 0.3) is 0 Å². The van der Waals surface area contributed by atoms with Crippen molar-refractivity contribution in [1.82, 2.24) is 10.2 Å². The molecular weight excluding hydrogens is 104 g/mol. The molecule has 3 heteroatoms. The maximum absolute atomic E-state index is 8.85. The van der Waals surface area contributed by atoms with Crippen LogP contribution in [-0.2, 0) is 0 Å². The standard InChI is InChI=1S/C5H8N2O/c1-4(8)5-2-6-7-3-5/h2-4,8H,1H3,(H,6,7)/t4-/m0/s1. The van der Waals surface area contributed by atoms with Gasteiger partial charge >= 0.3 is 0 Å². The van der Waals surface area contributed by atoms with E-state index in [2.05, 4.69) is 10.2 Å². The molecule has 0 fully saturated rings. The second kappa shape index (κ2) is 1.96. The largest absolute Gasteiger partial charge is 0.389 e. The van der Waals surface area contributed by atoms with Gasteiger partial charge in [0.15, 0.2) is 0 Å². The lowest BCUT2D eigenvalue weighted by molar-refractivity contribution is 0.199. The van der Waals surface area contributed by atoms with Gasteiger partial charge < -0.3 is 5.11 Å². The predicted molar refractivity (Wildman–Crippen MR) is 29.2 cm³/mol. The first kappa shape index (κ1) is 5.31. The lowest BCUT2D eigenvalue weighted by atomic mass is 10.2. The van der Waals surface area contributed by atoms with Crippen LogP contribution < -0.4 is 0 Å². The van der Waals surface area contributed by atoms with E-state index in [4.69, 9.17) is 5.11 Å². The van der Waals surface area contributed by atoms with E-state index in [1.807, 2.05) is 0 Å². The Balaban J connectivity index is 2.77. The first-order valence-electron chi connectivity index (χ1n) is 2.47. The highest BCUT2D eigenvalue weighted by molar-refractivity contribution is 5.04. The third kappa shape index (κ3) is 0.869. The molecule has 1 heterocycles. The molecule has 2 N–H and O–H groups in total. The molecule has 1 rings (SSSR count). The van der Waals surface area contributed by atoms with Gasteiger partial charge in [-0.25, -0.2) is 0 Å². The van der Waals surface area contributed by atoms with Crippen molar-refractivity contribution >= 4 is 0 Å². The van der Waals surface area contributed by atoms with Gasteiger partial charge in [0.1, 0.15) is 0 Å². The number of aromatic nitrogens is 2. The van der Waals surface area contributed by atoms with Crippen molar-refractivity contribution < 1.29 is 5.11 Å². The Kier molecular flexibility index (Phi) is 1.30. The Morgan fingerprint density at radius 2 is 2.62 bits per heavy atom. The summed E-state index contributed by atoms with van der Waals surface area (Å²) < 4.78 is 0. The summed E-state index contributed by atoms with van der Waals surface area (Å²) in [6.07, 6.45) is 2.86. The fraction of sp³-hybridized carbons (Fsp3) is 0.400. The molecule has 0 radical (unpaired) electrons. The third-order valence-corrected chi connectivity index (χ3v) is 1.00. The molecule has 1 atom stereocenters. The van der Waals surface area contributed by atoms with Crippen molar-refractivity contribution in [3.63, 3.8) is 0 Å². The van der Waals surface area contributed by atoms with Gasteiger partial charge in [-0.2, -0.15) is 5.10 Å². The van der Waals surface area contributed by atoms with Crippen molar-refractivity contribution in [3.8, 4) is 0 Å². The Morgan fingerprint density at radius 3 is 2.88 bits per heavy atom. The van der Waals surface area contributed by atoms with Crippen LogP contribution in [0.25, 0.3) is 0 Å². The number of aliphatic hydroxyl groups excluding tert-OH is 1. The molecule has 0 amide bonds. The first-order chi connectivity index (χ1) is 3.80. The van der Waals surface area contributed by atoms with Gasteiger partial charge in [0.2, 0.25) is 0 Å². The summed E-state index contributed by atoms with van der Waals surface area (Å²) in [7, 11) is 0. The topological polar surface area (TPSA) is 48.9 Å². The van der Waals surface area contributed by atoms with Crippen LogP contribution in [0.3, 0.4) is 0 Å². The van der Waals surface area contributed by atoms with E-state index in [9.17, 15) is 0 Å². The second-order valence-electron chi connectivity index (χ2n) is 1.71. The lowest BCUT2D eigenvalue weighted by Gasteiger charge is -1.94. The van der Waals surface area contributed by atoms with E-state index in [0.29, 0.717) is 0 Å². The van der Waals surface area contributed by atoms with Crippen LogP contribution in [0, 0.1) is 0 Å². The van der Waals surface area contributed by atoms with Crippen molar-refractivity contribution in [2.45, 2.75) is 13.0 Å². The minimum atomic E-state index is -0.409. The van der Waals surface area contributed by atoms with Crippen LogP contribution in [-0.4, -0.2) is 15.3 Å². The fourth-order valence-corrected chi connectivity index (χ4v) is 0.489. The van der Waals surface area contributed by atoms with E-state index < -0.39 is 6.10 Å². The summed E-state index contributed by atoms with van der Waals surface area (Å²) in [4.78, 5) is 0. The molecule has 0 spiro atoms. The van der Waals surface area contributed by atoms with Crippen LogP contribution >= 0.6 is 0 Å². The third-order valence-electron chi connectivity index (χ3n) is 1.00. The zero-order chi connectivity index (χ0) is 5.98. The Bertz CT molecular complexity index is 145. The van der Waals surface area contributed by atoms with Crippen LogP contribution in [0.4, 0.5) is 0 Å². The average Bonchev–Trinajstić information content (AvgIpc) is 2.12. The van der Waals surface area contributed by atoms with E-state index in [1.54, 1.807) is 19.3 Å². The maximum Gasteiger partial charge on any atom is 0.0792 e. The highest BCUT2D eigenvalue weighted by atomic mass is 16.3. The number of aliphatic hydroxyl groups is 1. The highest BCUT2D eigenvalue weighted by Crippen LogP contribution is 2.06. The molecule has 1 aromatic heterocycles. The number of hydrogen-bond donors (Lipinski definition) is 2. The van der Waals surface area contributed by atoms with Crippen molar-refractivity contribution in [2.75, 3.05) is 0 Å². The summed E-state index contributed by atoms with van der Waals surface area (Å²) in [5.41, 5.74) is 0.824. The van der Waals surface area contributed by atoms with Crippen LogP contribution in [0.15, 0.2) is 12.4 Å². The lowest BCUT2D eigenvalue weighted by Crippen LogP contribution is -1.85. The molecule has 1 aromatic rings. The van der Waals surface area contributed by atoms with Crippen LogP contribution in [0.2, 0.25) is 0 Å². The number of nitrogens with zero attached hydrogens (tertiary/aromatic N) is 1. The van der Waals surface area contributed by atoms with Crippen molar-refractivity contribution in [1.29, 1.82) is 0 Å². The van der Waals surface area contributed by atoms with Gasteiger partial charge in [-0.05, 0) is 6.92 Å². The minimum Gasteiger partial charge on any atom is -0.389 e. The second-order valence-corrected chi connectivity index (χ2v) is 1.71. The number of hydrogen-bond acceptors (Lipinski definition) is 2. The van der Waals surface area contributed by atoms with E-state index in [1.165, 1.54) is 0 Å². The number of aromatic amines is 1. The number of H-pyrrole nitrogens is 1. The van der Waals surface area contributed by atoms with Gasteiger partial charge in [-0.3, -0.25) is 5.10 Å². The molecule has 0 saturated carbocycles. The molecule has 0 aliphatic rings. The van der Waals surface area contributed by atoms with E-state index in [0.717, 1.165) is 5.56 Å². The quantitative estimate of drug-likeness (QED) is 0.554. The molecule has 0 unspecified atom stereocenters. The van der Waals surface area contributed by atoms with Gasteiger partial charge in [-0.1, -0.05) is 0 Å². The van der Waals surface area contributed by atoms with Gasteiger partial charge in [-0.15, -0.1) is 0 Å². The molecule has 0 aliphatic heterocycles. The van der Waals surface area contributed by atoms with E-state index >= 15 is 0 Å². The summed E-state index contributed by atoms with van der Waals surface area (Å²) >= 11 is 0. The molecule has 3 nitrogen and oxygen atoms in total. The fourth-order valence-electron chi connectivity index (χ4n) is 0.489. The molecule has 0 aromatic carbocycles. The summed E-state index contributed by atoms with van der Waals surface area (Å²) in [6, 6.07) is 0. The average molecular weight is 112 g/mol. The van der Waals surface area contributed by atoms with Crippen molar-refractivity contribution in [2.24, 2.45) is 0 Å². The minimum absolute atomic E-state index is 0.409. The molecule has 0 saturated heterocycles. The van der Waals surface area contributed by atoms with Crippen LogP contribution in [0.5, 0.6) is 0 Å². The van der Waals surface area contributed by atoms with Crippen LogP contribution in [0.1, 0.15) is 18.6 Å². The SMILES string of the molecule is C[C@H](O)c1cn[nH]c1. The van der Waals surface area contributed by atoms with Gasteiger partial charge in [0, 0.05) is 11.8 Å². The normalized spacial score (nSPS) is 13.8. The van der Waals surface area contributed by atoms with Gasteiger partial charge in [0.05, 0.1) is 12.3 Å². The summed E-state index contributed by atoms with van der Waals surface area (Å²) in [5, 5.41) is 15.1. The highest BCUT2D eigenvalue weighted by Gasteiger charge is 1.97. The van der Waals surface area contributed by atoms with E-state index in [-0.39, 0.29) is 0 Å². The Labute approximate surface area is 47.4 Å². The zero-order valence-corrected chi connectivity index (χ0v) is 4.63. The smallest absolute Gasteiger partial charge is 0.0792 e. The maximum atomic E-state index is 8.85. The predicted octanol–water partition coefficient (Wildman–Crippen LogP) is 0.463.